The summed E-state index contributed by atoms with van der Waals surface area (Å²) in [6.45, 7) is 2.07. The Bertz CT molecular complexity index is 404. The van der Waals surface area contributed by atoms with Gasteiger partial charge < -0.3 is 10.2 Å². The van der Waals surface area contributed by atoms with Crippen LogP contribution in [0.3, 0.4) is 0 Å². The number of benzene rings is 1. The van der Waals surface area contributed by atoms with Crippen LogP contribution in [0.15, 0.2) is 24.3 Å². The summed E-state index contributed by atoms with van der Waals surface area (Å²) < 4.78 is 12.8. The van der Waals surface area contributed by atoms with E-state index in [1.54, 1.807) is 24.1 Å². The third kappa shape index (κ3) is 2.64. The van der Waals surface area contributed by atoms with Crippen LogP contribution in [0.1, 0.15) is 19.8 Å². The quantitative estimate of drug-likeness (QED) is 0.851. The Kier molecular flexibility index (Phi) is 3.43. The fraction of sp³-hybridized carbons (Fsp3) is 0.462. The summed E-state index contributed by atoms with van der Waals surface area (Å²) in [5, 5.41) is 3.25. The van der Waals surface area contributed by atoms with E-state index in [0.717, 1.165) is 18.5 Å². The van der Waals surface area contributed by atoms with Crippen LogP contribution in [-0.2, 0) is 4.79 Å². The number of nitrogens with one attached hydrogen (secondary N) is 1. The van der Waals surface area contributed by atoms with Gasteiger partial charge in [-0.15, -0.1) is 0 Å². The maximum atomic E-state index is 12.8. The second-order valence-electron chi connectivity index (χ2n) is 4.57. The van der Waals surface area contributed by atoms with Crippen LogP contribution in [0.2, 0.25) is 0 Å². The first-order valence-corrected chi connectivity index (χ1v) is 5.87. The molecule has 1 N–H and O–H groups in total. The summed E-state index contributed by atoms with van der Waals surface area (Å²) in [6, 6.07) is 6.25. The van der Waals surface area contributed by atoms with E-state index in [0.29, 0.717) is 6.04 Å². The number of rotatable bonds is 2. The molecule has 17 heavy (non-hydrogen) atoms. The number of amides is 1. The number of carbonyl (C=O) groups is 1. The van der Waals surface area contributed by atoms with Gasteiger partial charge in [0.05, 0.1) is 6.04 Å². The van der Waals surface area contributed by atoms with Crippen LogP contribution < -0.4 is 10.2 Å². The Morgan fingerprint density at radius 3 is 2.53 bits per heavy atom. The van der Waals surface area contributed by atoms with Crippen molar-refractivity contribution in [1.29, 1.82) is 0 Å². The highest BCUT2D eigenvalue weighted by atomic mass is 19.1. The molecule has 1 fully saturated rings. The molecule has 0 saturated carbocycles. The van der Waals surface area contributed by atoms with E-state index in [-0.39, 0.29) is 17.8 Å². The molecule has 0 aliphatic carbocycles. The van der Waals surface area contributed by atoms with Crippen LogP contribution >= 0.6 is 0 Å². The minimum Gasteiger partial charge on any atom is -0.314 e. The lowest BCUT2D eigenvalue weighted by atomic mass is 10.2. The molecule has 92 valence electrons. The molecule has 1 aliphatic heterocycles. The van der Waals surface area contributed by atoms with Crippen molar-refractivity contribution in [3.63, 3.8) is 0 Å². The molecule has 1 amide bonds. The summed E-state index contributed by atoms with van der Waals surface area (Å²) in [5.74, 6) is -0.247. The minimum atomic E-state index is -0.290. The molecule has 1 aromatic rings. The highest BCUT2D eigenvalue weighted by molar-refractivity contribution is 5.96. The Hall–Kier alpha value is -1.42. The number of likely N-dealkylation sites (N-methyl/N-ethyl adjacent to an activating group) is 1. The molecule has 1 aromatic carbocycles. The number of halogens is 1. The van der Waals surface area contributed by atoms with Crippen molar-refractivity contribution in [2.45, 2.75) is 31.8 Å². The molecule has 0 radical (unpaired) electrons. The fourth-order valence-electron chi connectivity index (χ4n) is 2.15. The molecule has 0 aromatic heterocycles. The molecule has 2 atom stereocenters. The van der Waals surface area contributed by atoms with Gasteiger partial charge >= 0.3 is 0 Å². The van der Waals surface area contributed by atoms with Crippen molar-refractivity contribution < 1.29 is 9.18 Å². The molecule has 4 heteroatoms. The van der Waals surface area contributed by atoms with Crippen molar-refractivity contribution in [3.05, 3.63) is 30.1 Å². The topological polar surface area (TPSA) is 32.3 Å². The Morgan fingerprint density at radius 1 is 1.35 bits per heavy atom. The third-order valence-electron chi connectivity index (χ3n) is 3.22. The lowest BCUT2D eigenvalue weighted by Crippen LogP contribution is -2.43. The van der Waals surface area contributed by atoms with Crippen molar-refractivity contribution >= 4 is 11.6 Å². The zero-order chi connectivity index (χ0) is 12.4. The Morgan fingerprint density at radius 2 is 2.00 bits per heavy atom. The van der Waals surface area contributed by atoms with Gasteiger partial charge in [0.1, 0.15) is 5.82 Å². The molecule has 1 aliphatic rings. The lowest BCUT2D eigenvalue weighted by molar-refractivity contribution is -0.120. The SMILES string of the molecule is CC1CCC(C(=O)N(C)c2ccc(F)cc2)N1. The van der Waals surface area contributed by atoms with Crippen LogP contribution in [0, 0.1) is 5.82 Å². The summed E-state index contributed by atoms with van der Waals surface area (Å²) in [4.78, 5) is 13.7. The number of nitrogens with zero attached hydrogens (tertiary/aromatic N) is 1. The lowest BCUT2D eigenvalue weighted by Gasteiger charge is -2.21. The predicted molar refractivity (Wildman–Crippen MR) is 65.4 cm³/mol. The van der Waals surface area contributed by atoms with Crippen molar-refractivity contribution in [2.75, 3.05) is 11.9 Å². The fourth-order valence-corrected chi connectivity index (χ4v) is 2.15. The number of carbonyl (C=O) groups excluding carboxylic acids is 1. The van der Waals surface area contributed by atoms with Crippen LogP contribution in [-0.4, -0.2) is 25.0 Å². The molecule has 3 nitrogen and oxygen atoms in total. The first kappa shape index (κ1) is 12.0. The Balaban J connectivity index is 2.06. The van der Waals surface area contributed by atoms with Crippen molar-refractivity contribution in [2.24, 2.45) is 0 Å². The zero-order valence-corrected chi connectivity index (χ0v) is 10.1. The second-order valence-corrected chi connectivity index (χ2v) is 4.57. The molecule has 2 unspecified atom stereocenters. The van der Waals surface area contributed by atoms with Gasteiger partial charge in [-0.3, -0.25) is 4.79 Å². The molecule has 1 saturated heterocycles. The largest absolute Gasteiger partial charge is 0.314 e. The first-order valence-electron chi connectivity index (χ1n) is 5.87. The van der Waals surface area contributed by atoms with Crippen LogP contribution in [0.4, 0.5) is 10.1 Å². The number of anilines is 1. The predicted octanol–water partition coefficient (Wildman–Crippen LogP) is 1.93. The molecular weight excluding hydrogens is 219 g/mol. The van der Waals surface area contributed by atoms with Gasteiger partial charge in [0, 0.05) is 18.8 Å². The monoisotopic (exact) mass is 236 g/mol. The van der Waals surface area contributed by atoms with Crippen LogP contribution in [0.25, 0.3) is 0 Å². The van der Waals surface area contributed by atoms with E-state index < -0.39 is 0 Å². The summed E-state index contributed by atoms with van der Waals surface area (Å²) in [5.41, 5.74) is 0.720. The zero-order valence-electron chi connectivity index (χ0n) is 10.1. The van der Waals surface area contributed by atoms with Crippen molar-refractivity contribution in [1.82, 2.24) is 5.32 Å². The highest BCUT2D eigenvalue weighted by Gasteiger charge is 2.29. The molecular formula is C13H17FN2O. The molecule has 2 rings (SSSR count). The van der Waals surface area contributed by atoms with Gasteiger partial charge in [0.2, 0.25) is 5.91 Å². The van der Waals surface area contributed by atoms with Gasteiger partial charge in [-0.25, -0.2) is 4.39 Å². The van der Waals surface area contributed by atoms with Crippen LogP contribution in [0.5, 0.6) is 0 Å². The minimum absolute atomic E-state index is 0.0426. The summed E-state index contributed by atoms with van der Waals surface area (Å²) >= 11 is 0. The van der Waals surface area contributed by atoms with Gasteiger partial charge in [-0.05, 0) is 44.0 Å². The highest BCUT2D eigenvalue weighted by Crippen LogP contribution is 2.18. The average molecular weight is 236 g/mol. The number of hydrogen-bond donors (Lipinski definition) is 1. The van der Waals surface area contributed by atoms with E-state index in [2.05, 4.69) is 12.2 Å². The Labute approximate surface area is 101 Å². The smallest absolute Gasteiger partial charge is 0.243 e. The van der Waals surface area contributed by atoms with Gasteiger partial charge in [0.15, 0.2) is 0 Å². The maximum absolute atomic E-state index is 12.8. The molecule has 1 heterocycles. The van der Waals surface area contributed by atoms with Gasteiger partial charge in [-0.1, -0.05) is 0 Å². The summed E-state index contributed by atoms with van der Waals surface area (Å²) in [7, 11) is 1.72. The third-order valence-corrected chi connectivity index (χ3v) is 3.22. The first-order chi connectivity index (χ1) is 8.08. The number of hydrogen-bond acceptors (Lipinski definition) is 2. The molecule has 0 bridgehead atoms. The average Bonchev–Trinajstić information content (AvgIpc) is 2.75. The maximum Gasteiger partial charge on any atom is 0.243 e. The van der Waals surface area contributed by atoms with E-state index in [1.165, 1.54) is 12.1 Å². The van der Waals surface area contributed by atoms with E-state index in [4.69, 9.17) is 0 Å². The van der Waals surface area contributed by atoms with Gasteiger partial charge in [0.25, 0.3) is 0 Å². The van der Waals surface area contributed by atoms with Crippen molar-refractivity contribution in [3.8, 4) is 0 Å². The second kappa shape index (κ2) is 4.84. The van der Waals surface area contributed by atoms with E-state index in [9.17, 15) is 9.18 Å². The standard InChI is InChI=1S/C13H17FN2O/c1-9-3-8-12(15-9)13(17)16(2)11-6-4-10(14)5-7-11/h4-7,9,12,15H,3,8H2,1-2H3. The normalized spacial score (nSPS) is 23.7. The molecule has 0 spiro atoms. The van der Waals surface area contributed by atoms with E-state index >= 15 is 0 Å². The van der Waals surface area contributed by atoms with E-state index in [1.807, 2.05) is 0 Å². The van der Waals surface area contributed by atoms with Gasteiger partial charge in [-0.2, -0.15) is 0 Å². The summed E-state index contributed by atoms with van der Waals surface area (Å²) in [6.07, 6.45) is 1.89.